The van der Waals surface area contributed by atoms with Crippen LogP contribution in [0, 0.1) is 11.8 Å². The van der Waals surface area contributed by atoms with E-state index in [1.54, 1.807) is 0 Å². The van der Waals surface area contributed by atoms with Crippen molar-refractivity contribution in [3.63, 3.8) is 0 Å². The topological polar surface area (TPSA) is 179 Å². The lowest BCUT2D eigenvalue weighted by Crippen LogP contribution is -2.59. The summed E-state index contributed by atoms with van der Waals surface area (Å²) in [4.78, 5) is 73.8. The monoisotopic (exact) mass is 623 g/mol. The molecule has 45 heavy (non-hydrogen) atoms. The number of aromatic amines is 1. The van der Waals surface area contributed by atoms with Crippen molar-refractivity contribution in [3.05, 3.63) is 36.0 Å². The number of nitrogens with two attached hydrogens (primary N) is 1. The second-order valence-electron chi connectivity index (χ2n) is 13.1. The third-order valence-corrected chi connectivity index (χ3v) is 8.72. The van der Waals surface area contributed by atoms with E-state index >= 15 is 0 Å². The van der Waals surface area contributed by atoms with Crippen LogP contribution >= 0.6 is 0 Å². The second kappa shape index (κ2) is 15.4. The van der Waals surface area contributed by atoms with Crippen molar-refractivity contribution in [2.75, 3.05) is 13.1 Å². The van der Waals surface area contributed by atoms with Gasteiger partial charge in [0.15, 0.2) is 0 Å². The fraction of sp³-hybridized carbons (Fsp3) is 0.606. The highest BCUT2D eigenvalue weighted by Crippen LogP contribution is 2.23. The molecule has 2 fully saturated rings. The number of para-hydroxylation sites is 1. The highest BCUT2D eigenvalue weighted by Gasteiger charge is 2.41. The molecular formula is C33H49N7O5. The number of carbonyl (C=O) groups excluding carboxylic acids is 5. The summed E-state index contributed by atoms with van der Waals surface area (Å²) in [5, 5.41) is 12.5. The van der Waals surface area contributed by atoms with E-state index in [4.69, 9.17) is 5.73 Å². The smallest absolute Gasteiger partial charge is 0.246 e. The van der Waals surface area contributed by atoms with Crippen LogP contribution in [0.1, 0.15) is 71.8 Å². The Bertz CT molecular complexity index is 1370. The van der Waals surface area contributed by atoms with Gasteiger partial charge in [-0.3, -0.25) is 24.0 Å². The number of hydrogen-bond donors (Lipinski definition) is 6. The second-order valence-corrected chi connectivity index (χ2v) is 13.1. The molecule has 2 aliphatic rings. The van der Waals surface area contributed by atoms with Crippen LogP contribution in [0.25, 0.3) is 10.9 Å². The Balaban J connectivity index is 1.74. The van der Waals surface area contributed by atoms with Gasteiger partial charge in [0.25, 0.3) is 0 Å². The number of hydrogen-bond acceptors (Lipinski definition) is 6. The molecule has 0 radical (unpaired) electrons. The number of unbranched alkanes of at least 4 members (excludes halogenated alkanes) is 1. The van der Waals surface area contributed by atoms with Crippen molar-refractivity contribution in [1.29, 1.82) is 0 Å². The van der Waals surface area contributed by atoms with E-state index in [-0.39, 0.29) is 24.2 Å². The van der Waals surface area contributed by atoms with Crippen molar-refractivity contribution in [3.8, 4) is 0 Å². The fourth-order valence-electron chi connectivity index (χ4n) is 6.26. The van der Waals surface area contributed by atoms with E-state index in [0.717, 1.165) is 16.5 Å². The van der Waals surface area contributed by atoms with Gasteiger partial charge in [-0.25, -0.2) is 0 Å². The molecule has 1 aromatic heterocycles. The standard InChI is InChI=1S/C33H49N7O5/c1-19(2)16-25-31(43)39-28(20(3)4)33(45)40-15-9-13-27(40)32(44)36-24(12-7-8-14-34)29(41)38-26(30(42)37-25)17-21-18-35-23-11-6-5-10-22(21)23/h5-6,10-11,18-20,24-28,35H,7-9,12-17,34H2,1-4H3,(H,36,44)(H,37,42)(H,38,41)(H,39,43)/t24-,25+,26-,27+,28-/m0/s1. The first kappa shape index (κ1) is 34.0. The van der Waals surface area contributed by atoms with Crippen LogP contribution in [0.3, 0.4) is 0 Å². The third kappa shape index (κ3) is 8.42. The average Bonchev–Trinajstić information content (AvgIpc) is 3.65. The lowest BCUT2D eigenvalue weighted by Gasteiger charge is -2.32. The molecular weight excluding hydrogens is 574 g/mol. The minimum atomic E-state index is -1.04. The molecule has 2 saturated heterocycles. The predicted molar refractivity (Wildman–Crippen MR) is 172 cm³/mol. The van der Waals surface area contributed by atoms with Crippen LogP contribution in [0.4, 0.5) is 0 Å². The number of benzene rings is 1. The van der Waals surface area contributed by atoms with E-state index in [1.165, 1.54) is 4.90 Å². The van der Waals surface area contributed by atoms with Gasteiger partial charge in [-0.2, -0.15) is 0 Å². The first-order valence-electron chi connectivity index (χ1n) is 16.3. The Morgan fingerprint density at radius 2 is 1.51 bits per heavy atom. The molecule has 12 nitrogen and oxygen atoms in total. The zero-order valence-corrected chi connectivity index (χ0v) is 26.9. The molecule has 12 heteroatoms. The van der Waals surface area contributed by atoms with Crippen LogP contribution in [-0.2, 0) is 30.4 Å². The molecule has 0 bridgehead atoms. The van der Waals surface area contributed by atoms with Crippen LogP contribution in [0.15, 0.2) is 30.5 Å². The molecule has 4 rings (SSSR count). The average molecular weight is 624 g/mol. The van der Waals surface area contributed by atoms with E-state index in [2.05, 4.69) is 26.3 Å². The van der Waals surface area contributed by atoms with Crippen molar-refractivity contribution >= 4 is 40.4 Å². The summed E-state index contributed by atoms with van der Waals surface area (Å²) < 4.78 is 0. The minimum Gasteiger partial charge on any atom is -0.361 e. The first-order chi connectivity index (χ1) is 21.5. The van der Waals surface area contributed by atoms with Gasteiger partial charge in [0.05, 0.1) is 0 Å². The number of aromatic nitrogens is 1. The van der Waals surface area contributed by atoms with Crippen molar-refractivity contribution in [1.82, 2.24) is 31.2 Å². The maximum Gasteiger partial charge on any atom is 0.246 e. The van der Waals surface area contributed by atoms with Gasteiger partial charge in [-0.15, -0.1) is 0 Å². The van der Waals surface area contributed by atoms with Gasteiger partial charge in [-0.1, -0.05) is 45.9 Å². The zero-order valence-electron chi connectivity index (χ0n) is 26.9. The Labute approximate surface area is 265 Å². The van der Waals surface area contributed by atoms with Gasteiger partial charge in [0, 0.05) is 30.1 Å². The van der Waals surface area contributed by atoms with Gasteiger partial charge >= 0.3 is 0 Å². The Morgan fingerprint density at radius 3 is 2.22 bits per heavy atom. The summed E-state index contributed by atoms with van der Waals surface area (Å²) in [6.45, 7) is 8.38. The highest BCUT2D eigenvalue weighted by atomic mass is 16.2. The molecule has 3 heterocycles. The normalized spacial score (nSPS) is 25.4. The molecule has 5 atom stereocenters. The first-order valence-corrected chi connectivity index (χ1v) is 16.3. The fourth-order valence-corrected chi connectivity index (χ4v) is 6.26. The maximum atomic E-state index is 14.0. The largest absolute Gasteiger partial charge is 0.361 e. The Kier molecular flexibility index (Phi) is 11.6. The summed E-state index contributed by atoms with van der Waals surface area (Å²) in [5.41, 5.74) is 7.43. The Morgan fingerprint density at radius 1 is 0.844 bits per heavy atom. The number of rotatable bonds is 9. The summed E-state index contributed by atoms with van der Waals surface area (Å²) in [6.07, 6.45) is 4.95. The number of amides is 5. The molecule has 246 valence electrons. The quantitative estimate of drug-likeness (QED) is 0.230. The van der Waals surface area contributed by atoms with Gasteiger partial charge in [0.1, 0.15) is 30.2 Å². The molecule has 5 amide bonds. The highest BCUT2D eigenvalue weighted by molar-refractivity contribution is 5.98. The van der Waals surface area contributed by atoms with Crippen LogP contribution in [-0.4, -0.2) is 82.7 Å². The van der Waals surface area contributed by atoms with Crippen LogP contribution < -0.4 is 27.0 Å². The van der Waals surface area contributed by atoms with Crippen molar-refractivity contribution in [2.45, 2.75) is 103 Å². The molecule has 0 aliphatic carbocycles. The lowest BCUT2D eigenvalue weighted by atomic mass is 9.98. The van der Waals surface area contributed by atoms with E-state index in [9.17, 15) is 24.0 Å². The molecule has 1 aromatic carbocycles. The van der Waals surface area contributed by atoms with Crippen LogP contribution in [0.2, 0.25) is 0 Å². The van der Waals surface area contributed by atoms with Crippen LogP contribution in [0.5, 0.6) is 0 Å². The molecule has 0 unspecified atom stereocenters. The summed E-state index contributed by atoms with van der Waals surface area (Å²) in [5.74, 6) is -2.49. The Hall–Kier alpha value is -3.93. The predicted octanol–water partition coefficient (Wildman–Crippen LogP) is 1.49. The van der Waals surface area contributed by atoms with Crippen molar-refractivity contribution in [2.24, 2.45) is 17.6 Å². The summed E-state index contributed by atoms with van der Waals surface area (Å²) in [6, 6.07) is 3.12. The van der Waals surface area contributed by atoms with Gasteiger partial charge in [0.2, 0.25) is 29.5 Å². The van der Waals surface area contributed by atoms with E-state index in [1.807, 2.05) is 58.2 Å². The number of fused-ring (bicyclic) bond motifs is 2. The number of H-pyrrole nitrogens is 1. The van der Waals surface area contributed by atoms with E-state index in [0.29, 0.717) is 51.6 Å². The number of carbonyl (C=O) groups is 5. The molecule has 2 aromatic rings. The molecule has 2 aliphatic heterocycles. The maximum absolute atomic E-state index is 14.0. The lowest BCUT2D eigenvalue weighted by molar-refractivity contribution is -0.143. The number of nitrogens with zero attached hydrogens (tertiary/aromatic N) is 1. The van der Waals surface area contributed by atoms with E-state index < -0.39 is 53.8 Å². The molecule has 0 saturated carbocycles. The summed E-state index contributed by atoms with van der Waals surface area (Å²) in [7, 11) is 0. The minimum absolute atomic E-state index is 0.0507. The SMILES string of the molecule is CC(C)C[C@H]1NC(=O)[C@H](Cc2c[nH]c3ccccc23)NC(=O)[C@H](CCCCN)NC(=O)[C@H]2CCCN2C(=O)[C@H](C(C)C)NC1=O. The van der Waals surface area contributed by atoms with Gasteiger partial charge in [-0.05, 0) is 68.5 Å². The summed E-state index contributed by atoms with van der Waals surface area (Å²) >= 11 is 0. The van der Waals surface area contributed by atoms with Crippen molar-refractivity contribution < 1.29 is 24.0 Å². The van der Waals surface area contributed by atoms with Gasteiger partial charge < -0.3 is 36.9 Å². The molecule has 7 N–H and O–H groups in total. The number of nitrogens with one attached hydrogen (secondary N) is 5. The zero-order chi connectivity index (χ0) is 32.7. The third-order valence-electron chi connectivity index (χ3n) is 8.72. The molecule has 0 spiro atoms.